The van der Waals surface area contributed by atoms with E-state index in [0.29, 0.717) is 11.4 Å². The Balaban J connectivity index is 2.36. The van der Waals surface area contributed by atoms with Gasteiger partial charge in [0.1, 0.15) is 17.2 Å². The second-order valence-electron chi connectivity index (χ2n) is 4.16. The predicted molar refractivity (Wildman–Crippen MR) is 72.5 cm³/mol. The number of hydrogen-bond acceptors (Lipinski definition) is 3. The Morgan fingerprint density at radius 1 is 1.42 bits per heavy atom. The van der Waals surface area contributed by atoms with Crippen molar-refractivity contribution in [3.63, 3.8) is 0 Å². The number of nitrogens with two attached hydrogens (primary N) is 1. The van der Waals surface area contributed by atoms with Crippen molar-refractivity contribution < 1.29 is 4.39 Å². The summed E-state index contributed by atoms with van der Waals surface area (Å²) in [5.74, 6) is 5.24. The van der Waals surface area contributed by atoms with Gasteiger partial charge in [-0.1, -0.05) is 6.58 Å². The summed E-state index contributed by atoms with van der Waals surface area (Å²) in [7, 11) is 1.79. The van der Waals surface area contributed by atoms with Crippen LogP contribution in [0.15, 0.2) is 24.9 Å². The number of allylic oxidation sites excluding steroid dienone is 1. The molecule has 2 rings (SSSR count). The molecule has 0 spiro atoms. The summed E-state index contributed by atoms with van der Waals surface area (Å²) in [4.78, 5) is 3.84. The van der Waals surface area contributed by atoms with Crippen LogP contribution in [-0.4, -0.2) is 14.8 Å². The maximum absolute atomic E-state index is 12.9. The molecule has 5 heteroatoms. The molecule has 2 heterocycles. The molecule has 96 valence electrons. The van der Waals surface area contributed by atoms with Crippen LogP contribution >= 0.6 is 0 Å². The van der Waals surface area contributed by atoms with Crippen LogP contribution < -0.4 is 5.73 Å². The lowest BCUT2D eigenvalue weighted by molar-refractivity contribution is 0.622. The van der Waals surface area contributed by atoms with Crippen molar-refractivity contribution in [2.45, 2.75) is 6.92 Å². The number of aromatic nitrogens is 3. The molecule has 0 aliphatic carbocycles. The van der Waals surface area contributed by atoms with E-state index in [1.807, 2.05) is 13.0 Å². The number of halogens is 1. The maximum Gasteiger partial charge on any atom is 0.143 e. The third-order valence-corrected chi connectivity index (χ3v) is 2.51. The van der Waals surface area contributed by atoms with Gasteiger partial charge in [0.2, 0.25) is 0 Å². The molecule has 0 saturated carbocycles. The van der Waals surface area contributed by atoms with E-state index in [2.05, 4.69) is 28.5 Å². The summed E-state index contributed by atoms with van der Waals surface area (Å²) >= 11 is 0. The van der Waals surface area contributed by atoms with E-state index in [1.165, 1.54) is 6.07 Å². The number of hydrogen-bond donors (Lipinski definition) is 1. The molecule has 0 amide bonds. The highest BCUT2D eigenvalue weighted by Crippen LogP contribution is 2.12. The number of anilines is 1. The summed E-state index contributed by atoms with van der Waals surface area (Å²) in [6.07, 6.45) is 1.09. The molecule has 0 fully saturated rings. The van der Waals surface area contributed by atoms with Gasteiger partial charge in [0.05, 0.1) is 17.6 Å². The van der Waals surface area contributed by atoms with Gasteiger partial charge in [-0.05, 0) is 30.4 Å². The lowest BCUT2D eigenvalue weighted by Gasteiger charge is -1.96. The van der Waals surface area contributed by atoms with E-state index < -0.39 is 5.82 Å². The summed E-state index contributed by atoms with van der Waals surface area (Å²) in [5, 5.41) is 4.26. The number of pyridine rings is 1. The van der Waals surface area contributed by atoms with Crippen LogP contribution in [-0.2, 0) is 7.05 Å². The van der Waals surface area contributed by atoms with Gasteiger partial charge in [0, 0.05) is 13.1 Å². The minimum atomic E-state index is -0.479. The highest BCUT2D eigenvalue weighted by Gasteiger charge is 2.03. The molecule has 0 aromatic carbocycles. The highest BCUT2D eigenvalue weighted by molar-refractivity contribution is 5.59. The van der Waals surface area contributed by atoms with E-state index in [1.54, 1.807) is 11.7 Å². The summed E-state index contributed by atoms with van der Waals surface area (Å²) in [6, 6.07) is 3.02. The van der Waals surface area contributed by atoms with Crippen LogP contribution in [0, 0.1) is 17.7 Å². The van der Waals surface area contributed by atoms with Crippen molar-refractivity contribution in [2.24, 2.45) is 7.05 Å². The Morgan fingerprint density at radius 2 is 2.16 bits per heavy atom. The second-order valence-corrected chi connectivity index (χ2v) is 4.16. The number of nitrogen functional groups attached to an aromatic ring is 1. The smallest absolute Gasteiger partial charge is 0.143 e. The Kier molecular flexibility index (Phi) is 3.34. The Hall–Kier alpha value is -2.61. The lowest BCUT2D eigenvalue weighted by atomic mass is 10.2. The molecule has 2 aromatic rings. The van der Waals surface area contributed by atoms with Gasteiger partial charge in [-0.15, -0.1) is 0 Å². The molecule has 0 saturated heterocycles. The third kappa shape index (κ3) is 2.80. The van der Waals surface area contributed by atoms with Gasteiger partial charge < -0.3 is 5.73 Å². The molecule has 0 aliphatic heterocycles. The molecule has 19 heavy (non-hydrogen) atoms. The molecular formula is C14H13FN4. The first-order valence-corrected chi connectivity index (χ1v) is 5.60. The fourth-order valence-corrected chi connectivity index (χ4v) is 1.48. The van der Waals surface area contributed by atoms with E-state index in [0.717, 1.165) is 17.5 Å². The molecule has 2 N–H and O–H groups in total. The van der Waals surface area contributed by atoms with Gasteiger partial charge >= 0.3 is 0 Å². The Labute approximate surface area is 110 Å². The quantitative estimate of drug-likeness (QED) is 0.794. The number of nitrogens with zero attached hydrogens (tertiary/aromatic N) is 3. The van der Waals surface area contributed by atoms with Gasteiger partial charge in [-0.2, -0.15) is 5.10 Å². The van der Waals surface area contributed by atoms with Crippen LogP contribution in [0.5, 0.6) is 0 Å². The fraction of sp³-hybridized carbons (Fsp3) is 0.143. The van der Waals surface area contributed by atoms with Crippen LogP contribution in [0.3, 0.4) is 0 Å². The zero-order chi connectivity index (χ0) is 14.0. The van der Waals surface area contributed by atoms with Crippen molar-refractivity contribution >= 4 is 11.3 Å². The molecule has 2 aromatic heterocycles. The van der Waals surface area contributed by atoms with Gasteiger partial charge in [0.25, 0.3) is 0 Å². The first kappa shape index (κ1) is 12.8. The molecule has 0 unspecified atom stereocenters. The van der Waals surface area contributed by atoms with Crippen molar-refractivity contribution in [3.05, 3.63) is 47.8 Å². The minimum Gasteiger partial charge on any atom is -0.396 e. The molecule has 4 nitrogen and oxygen atoms in total. The van der Waals surface area contributed by atoms with Gasteiger partial charge in [0.15, 0.2) is 0 Å². The van der Waals surface area contributed by atoms with Crippen LogP contribution in [0.2, 0.25) is 0 Å². The number of aryl methyl sites for hydroxylation is 1. The first-order chi connectivity index (χ1) is 8.97. The maximum atomic E-state index is 12.9. The minimum absolute atomic E-state index is 0.217. The zero-order valence-corrected chi connectivity index (χ0v) is 10.7. The largest absolute Gasteiger partial charge is 0.396 e. The van der Waals surface area contributed by atoms with E-state index in [4.69, 9.17) is 5.73 Å². The highest BCUT2D eigenvalue weighted by atomic mass is 19.1. The van der Waals surface area contributed by atoms with Crippen molar-refractivity contribution in [2.75, 3.05) is 5.73 Å². The van der Waals surface area contributed by atoms with E-state index in [9.17, 15) is 4.39 Å². The van der Waals surface area contributed by atoms with E-state index >= 15 is 0 Å². The Bertz CT molecular complexity index is 704. The normalized spacial score (nSPS) is 9.84. The van der Waals surface area contributed by atoms with Crippen molar-refractivity contribution in [1.82, 2.24) is 14.8 Å². The van der Waals surface area contributed by atoms with Crippen LogP contribution in [0.25, 0.3) is 5.57 Å². The lowest BCUT2D eigenvalue weighted by Crippen LogP contribution is -1.96. The molecule has 0 radical (unpaired) electrons. The molecular weight excluding hydrogens is 243 g/mol. The van der Waals surface area contributed by atoms with Gasteiger partial charge in [-0.3, -0.25) is 4.68 Å². The summed E-state index contributed by atoms with van der Waals surface area (Å²) < 4.78 is 14.5. The zero-order valence-electron chi connectivity index (χ0n) is 10.7. The fourth-order valence-electron chi connectivity index (χ4n) is 1.48. The van der Waals surface area contributed by atoms with Crippen molar-refractivity contribution in [1.29, 1.82) is 0 Å². The van der Waals surface area contributed by atoms with Crippen LogP contribution in [0.4, 0.5) is 10.1 Å². The molecule has 0 aliphatic rings. The molecule has 0 atom stereocenters. The first-order valence-electron chi connectivity index (χ1n) is 5.60. The van der Waals surface area contributed by atoms with Crippen molar-refractivity contribution in [3.8, 4) is 11.8 Å². The standard InChI is InChI=1S/C14H13FN4/c1-9(2)14-7-11(19(3)18-14)4-5-13-12(16)6-10(15)8-17-13/h6-8H,1,16H2,2-3H3. The third-order valence-electron chi connectivity index (χ3n) is 2.51. The number of rotatable bonds is 1. The van der Waals surface area contributed by atoms with E-state index in [-0.39, 0.29) is 5.69 Å². The topological polar surface area (TPSA) is 56.7 Å². The predicted octanol–water partition coefficient (Wildman–Crippen LogP) is 1.97. The Morgan fingerprint density at radius 3 is 2.74 bits per heavy atom. The summed E-state index contributed by atoms with van der Waals surface area (Å²) in [6.45, 7) is 5.70. The van der Waals surface area contributed by atoms with Gasteiger partial charge in [-0.25, -0.2) is 9.37 Å². The summed E-state index contributed by atoms with van der Waals surface area (Å²) in [5.41, 5.74) is 8.56. The second kappa shape index (κ2) is 4.94. The average Bonchev–Trinajstić information content (AvgIpc) is 2.70. The average molecular weight is 256 g/mol. The SMILES string of the molecule is C=C(C)c1cc(C#Cc2ncc(F)cc2N)n(C)n1. The molecule has 0 bridgehead atoms. The van der Waals surface area contributed by atoms with Crippen LogP contribution in [0.1, 0.15) is 24.0 Å². The monoisotopic (exact) mass is 256 g/mol.